The molecule has 0 bridgehead atoms. The Hall–Kier alpha value is -1.88. The maximum Gasteiger partial charge on any atom is 0.253 e. The molecule has 25 heavy (non-hydrogen) atoms. The molecule has 2 N–H and O–H groups in total. The quantitative estimate of drug-likeness (QED) is 0.864. The number of rotatable bonds is 5. The van der Waals surface area contributed by atoms with Crippen LogP contribution in [0, 0.1) is 11.3 Å². The zero-order valence-corrected chi connectivity index (χ0v) is 15.3. The summed E-state index contributed by atoms with van der Waals surface area (Å²) in [5.74, 6) is 0.614. The van der Waals surface area contributed by atoms with Crippen molar-refractivity contribution in [1.82, 2.24) is 10.2 Å². The lowest BCUT2D eigenvalue weighted by atomic mass is 9.67. The standard InChI is InChI=1S/C20H29N3O2/c1-3-23(4-2)18(24)15-8-10-17(11-9-15)22-19(25)20-12-6-5-7-16(20)13-21-14-20/h8-11,16,21H,3-7,12-14H2,1-2H3,(H,22,25)/t16-,20+/m0/s1. The van der Waals surface area contributed by atoms with E-state index in [1.807, 2.05) is 26.0 Å². The van der Waals surface area contributed by atoms with Crippen LogP contribution in [-0.2, 0) is 4.79 Å². The van der Waals surface area contributed by atoms with E-state index in [1.165, 1.54) is 6.42 Å². The second kappa shape index (κ2) is 7.56. The van der Waals surface area contributed by atoms with Gasteiger partial charge in [-0.15, -0.1) is 0 Å². The van der Waals surface area contributed by atoms with Gasteiger partial charge in [0.05, 0.1) is 5.41 Å². The van der Waals surface area contributed by atoms with E-state index < -0.39 is 0 Å². The molecule has 1 aromatic carbocycles. The first-order valence-corrected chi connectivity index (χ1v) is 9.52. The van der Waals surface area contributed by atoms with Crippen LogP contribution >= 0.6 is 0 Å². The normalized spacial score (nSPS) is 25.3. The fraction of sp³-hybridized carbons (Fsp3) is 0.600. The molecule has 3 rings (SSSR count). The average molecular weight is 343 g/mol. The van der Waals surface area contributed by atoms with Crippen molar-refractivity contribution in [3.05, 3.63) is 29.8 Å². The minimum Gasteiger partial charge on any atom is -0.339 e. The van der Waals surface area contributed by atoms with Gasteiger partial charge in [-0.05, 0) is 63.4 Å². The Bertz CT molecular complexity index is 624. The first kappa shape index (κ1) is 17.9. The topological polar surface area (TPSA) is 61.4 Å². The van der Waals surface area contributed by atoms with E-state index >= 15 is 0 Å². The zero-order chi connectivity index (χ0) is 17.9. The van der Waals surface area contributed by atoms with E-state index in [0.29, 0.717) is 24.6 Å². The molecule has 0 spiro atoms. The summed E-state index contributed by atoms with van der Waals surface area (Å²) in [5, 5.41) is 6.50. The molecule has 1 heterocycles. The second-order valence-electron chi connectivity index (χ2n) is 7.24. The maximum atomic E-state index is 13.0. The Morgan fingerprint density at radius 3 is 2.60 bits per heavy atom. The van der Waals surface area contributed by atoms with E-state index in [2.05, 4.69) is 10.6 Å². The van der Waals surface area contributed by atoms with Gasteiger partial charge in [0.25, 0.3) is 5.91 Å². The van der Waals surface area contributed by atoms with Gasteiger partial charge >= 0.3 is 0 Å². The van der Waals surface area contributed by atoms with Crippen molar-refractivity contribution in [3.63, 3.8) is 0 Å². The van der Waals surface area contributed by atoms with Crippen molar-refractivity contribution in [1.29, 1.82) is 0 Å². The Labute approximate surface area is 150 Å². The predicted molar refractivity (Wildman–Crippen MR) is 99.6 cm³/mol. The van der Waals surface area contributed by atoms with Crippen molar-refractivity contribution in [2.75, 3.05) is 31.5 Å². The number of benzene rings is 1. The summed E-state index contributed by atoms with van der Waals surface area (Å²) in [6.45, 7) is 7.08. The summed E-state index contributed by atoms with van der Waals surface area (Å²) in [7, 11) is 0. The van der Waals surface area contributed by atoms with E-state index in [0.717, 1.165) is 38.0 Å². The number of amides is 2. The van der Waals surface area contributed by atoms with Gasteiger partial charge in [-0.2, -0.15) is 0 Å². The van der Waals surface area contributed by atoms with Gasteiger partial charge in [-0.3, -0.25) is 9.59 Å². The molecule has 1 saturated carbocycles. The minimum atomic E-state index is -0.256. The summed E-state index contributed by atoms with van der Waals surface area (Å²) < 4.78 is 0. The highest BCUT2D eigenvalue weighted by Gasteiger charge is 2.49. The van der Waals surface area contributed by atoms with E-state index in [1.54, 1.807) is 17.0 Å². The van der Waals surface area contributed by atoms with Crippen LogP contribution in [0.25, 0.3) is 0 Å². The minimum absolute atomic E-state index is 0.0359. The molecule has 2 atom stereocenters. The number of carbonyl (C=O) groups excluding carboxylic acids is 2. The molecule has 1 aliphatic heterocycles. The van der Waals surface area contributed by atoms with Crippen LogP contribution in [0.15, 0.2) is 24.3 Å². The molecular formula is C20H29N3O2. The molecule has 2 aliphatic rings. The first-order valence-electron chi connectivity index (χ1n) is 9.52. The summed E-state index contributed by atoms with van der Waals surface area (Å²) in [6, 6.07) is 7.29. The van der Waals surface area contributed by atoms with Crippen LogP contribution < -0.4 is 10.6 Å². The number of nitrogens with zero attached hydrogens (tertiary/aromatic N) is 1. The van der Waals surface area contributed by atoms with Gasteiger partial charge in [0, 0.05) is 30.9 Å². The second-order valence-corrected chi connectivity index (χ2v) is 7.24. The molecule has 5 nitrogen and oxygen atoms in total. The lowest BCUT2D eigenvalue weighted by molar-refractivity contribution is -0.128. The number of hydrogen-bond acceptors (Lipinski definition) is 3. The monoisotopic (exact) mass is 343 g/mol. The Balaban J connectivity index is 1.69. The SMILES string of the molecule is CCN(CC)C(=O)c1ccc(NC(=O)[C@@]23CCCC[C@H]2CNC3)cc1. The van der Waals surface area contributed by atoms with Crippen molar-refractivity contribution in [2.24, 2.45) is 11.3 Å². The number of hydrogen-bond donors (Lipinski definition) is 2. The number of fused-ring (bicyclic) bond motifs is 1. The molecule has 1 aromatic rings. The third-order valence-corrected chi connectivity index (χ3v) is 5.93. The van der Waals surface area contributed by atoms with Crippen molar-refractivity contribution < 1.29 is 9.59 Å². The maximum absolute atomic E-state index is 13.0. The van der Waals surface area contributed by atoms with E-state index in [9.17, 15) is 9.59 Å². The first-order chi connectivity index (χ1) is 12.1. The highest BCUT2D eigenvalue weighted by atomic mass is 16.2. The van der Waals surface area contributed by atoms with Crippen LogP contribution in [0.5, 0.6) is 0 Å². The van der Waals surface area contributed by atoms with Crippen LogP contribution in [-0.4, -0.2) is 42.9 Å². The van der Waals surface area contributed by atoms with Crippen LogP contribution in [0.4, 0.5) is 5.69 Å². The van der Waals surface area contributed by atoms with Crippen LogP contribution in [0.1, 0.15) is 49.9 Å². The Morgan fingerprint density at radius 2 is 1.92 bits per heavy atom. The van der Waals surface area contributed by atoms with Gasteiger partial charge in [-0.25, -0.2) is 0 Å². The largest absolute Gasteiger partial charge is 0.339 e. The summed E-state index contributed by atoms with van der Waals surface area (Å²) in [6.07, 6.45) is 4.46. The molecule has 1 aliphatic carbocycles. The molecule has 0 unspecified atom stereocenters. The third-order valence-electron chi connectivity index (χ3n) is 5.93. The van der Waals surface area contributed by atoms with Gasteiger partial charge in [0.15, 0.2) is 0 Å². The Morgan fingerprint density at radius 1 is 1.20 bits per heavy atom. The fourth-order valence-electron chi connectivity index (χ4n) is 4.34. The van der Waals surface area contributed by atoms with Crippen LogP contribution in [0.3, 0.4) is 0 Å². The third kappa shape index (κ3) is 3.43. The van der Waals surface area contributed by atoms with Gasteiger partial charge in [0.1, 0.15) is 0 Å². The van der Waals surface area contributed by atoms with Gasteiger partial charge in [0.2, 0.25) is 5.91 Å². The van der Waals surface area contributed by atoms with E-state index in [-0.39, 0.29) is 17.2 Å². The van der Waals surface area contributed by atoms with Crippen molar-refractivity contribution in [3.8, 4) is 0 Å². The lowest BCUT2D eigenvalue weighted by Crippen LogP contribution is -2.44. The number of nitrogens with one attached hydrogen (secondary N) is 2. The van der Waals surface area contributed by atoms with Crippen LogP contribution in [0.2, 0.25) is 0 Å². The molecule has 5 heteroatoms. The highest BCUT2D eigenvalue weighted by Crippen LogP contribution is 2.44. The molecule has 2 amide bonds. The van der Waals surface area contributed by atoms with Crippen molar-refractivity contribution >= 4 is 17.5 Å². The highest BCUT2D eigenvalue weighted by molar-refractivity contribution is 5.98. The Kier molecular flexibility index (Phi) is 5.42. The fourth-order valence-corrected chi connectivity index (χ4v) is 4.34. The summed E-state index contributed by atoms with van der Waals surface area (Å²) in [4.78, 5) is 27.1. The molecule has 2 fully saturated rings. The van der Waals surface area contributed by atoms with Crippen molar-refractivity contribution in [2.45, 2.75) is 39.5 Å². The smallest absolute Gasteiger partial charge is 0.253 e. The van der Waals surface area contributed by atoms with Gasteiger partial charge < -0.3 is 15.5 Å². The number of carbonyl (C=O) groups is 2. The predicted octanol–water partition coefficient (Wildman–Crippen LogP) is 2.89. The molecule has 1 saturated heterocycles. The summed E-state index contributed by atoms with van der Waals surface area (Å²) >= 11 is 0. The molecule has 136 valence electrons. The molecular weight excluding hydrogens is 314 g/mol. The molecule has 0 radical (unpaired) electrons. The molecule has 0 aromatic heterocycles. The average Bonchev–Trinajstić information content (AvgIpc) is 3.08. The number of anilines is 1. The lowest BCUT2D eigenvalue weighted by Gasteiger charge is -2.37. The van der Waals surface area contributed by atoms with E-state index in [4.69, 9.17) is 0 Å². The zero-order valence-electron chi connectivity index (χ0n) is 15.3. The van der Waals surface area contributed by atoms with Gasteiger partial charge in [-0.1, -0.05) is 12.8 Å². The summed E-state index contributed by atoms with van der Waals surface area (Å²) in [5.41, 5.74) is 1.18.